The van der Waals surface area contributed by atoms with Crippen LogP contribution in [0.15, 0.2) is 132 Å². The lowest BCUT2D eigenvalue weighted by molar-refractivity contribution is -0.0441. The molecule has 5 heterocycles. The number of fused-ring (bicyclic) bond motifs is 10. The number of piperazine rings is 1. The molecule has 1 aliphatic carbocycles. The summed E-state index contributed by atoms with van der Waals surface area (Å²) in [6.45, 7) is 0. The number of nitrogens with zero attached hydrogens (tertiary/aromatic N) is 4. The minimum Gasteiger partial charge on any atom is -0.453 e. The van der Waals surface area contributed by atoms with Gasteiger partial charge in [0.15, 0.2) is 11.5 Å². The molecule has 44 heavy (non-hydrogen) atoms. The van der Waals surface area contributed by atoms with E-state index in [9.17, 15) is 0 Å². The van der Waals surface area contributed by atoms with Gasteiger partial charge in [-0.05, 0) is 61.4 Å². The second-order valence-electron chi connectivity index (χ2n) is 12.3. The van der Waals surface area contributed by atoms with Gasteiger partial charge in [0.25, 0.3) is 0 Å². The molecule has 7 nitrogen and oxygen atoms in total. The second-order valence-corrected chi connectivity index (χ2v) is 13.3. The molecule has 0 aromatic heterocycles. The molecule has 0 spiro atoms. The van der Waals surface area contributed by atoms with Crippen LogP contribution in [0.4, 0.5) is 22.7 Å². The molecule has 6 unspecified atom stereocenters. The Morgan fingerprint density at radius 1 is 0.545 bits per heavy atom. The van der Waals surface area contributed by atoms with Crippen LogP contribution in [-0.4, -0.2) is 46.3 Å². The smallest absolute Gasteiger partial charge is 0.151 e. The fourth-order valence-corrected chi connectivity index (χ4v) is 9.60. The van der Waals surface area contributed by atoms with Crippen molar-refractivity contribution in [3.63, 3.8) is 0 Å². The van der Waals surface area contributed by atoms with Crippen LogP contribution in [0.3, 0.4) is 0 Å². The molecule has 6 aliphatic rings. The van der Waals surface area contributed by atoms with Crippen molar-refractivity contribution in [3.05, 3.63) is 122 Å². The summed E-state index contributed by atoms with van der Waals surface area (Å²) < 4.78 is 6.46. The normalized spacial score (nSPS) is 28.4. The van der Waals surface area contributed by atoms with Gasteiger partial charge in [-0.3, -0.25) is 0 Å². The molecule has 4 aromatic carbocycles. The summed E-state index contributed by atoms with van der Waals surface area (Å²) >= 11 is 1.89. The van der Waals surface area contributed by atoms with Crippen LogP contribution in [0.1, 0.15) is 12.8 Å². The number of nitrogens with one attached hydrogen (secondary N) is 2. The van der Waals surface area contributed by atoms with Crippen LogP contribution < -0.4 is 25.2 Å². The Morgan fingerprint density at radius 2 is 0.977 bits per heavy atom. The van der Waals surface area contributed by atoms with Gasteiger partial charge in [-0.25, -0.2) is 0 Å². The maximum Gasteiger partial charge on any atom is 0.151 e. The third kappa shape index (κ3) is 3.40. The molecule has 10 rings (SSSR count). The van der Waals surface area contributed by atoms with E-state index in [1.807, 2.05) is 11.8 Å². The average molecular weight is 597 g/mol. The highest BCUT2D eigenvalue weighted by Crippen LogP contribution is 2.55. The van der Waals surface area contributed by atoms with Gasteiger partial charge in [-0.1, -0.05) is 60.3 Å². The van der Waals surface area contributed by atoms with Crippen molar-refractivity contribution in [2.45, 2.75) is 59.1 Å². The lowest BCUT2D eigenvalue weighted by Gasteiger charge is -2.61. The molecule has 0 radical (unpaired) electrons. The number of rotatable bonds is 2. The fourth-order valence-electron chi connectivity index (χ4n) is 8.52. The fraction of sp³-hybridized carbons (Fsp3) is 0.222. The summed E-state index contributed by atoms with van der Waals surface area (Å²) in [6.07, 6.45) is 11.2. The van der Waals surface area contributed by atoms with E-state index < -0.39 is 0 Å². The molecule has 1 saturated carbocycles. The van der Waals surface area contributed by atoms with E-state index in [0.29, 0.717) is 0 Å². The number of para-hydroxylation sites is 6. The van der Waals surface area contributed by atoms with E-state index in [0.717, 1.165) is 35.7 Å². The molecule has 1 saturated heterocycles. The van der Waals surface area contributed by atoms with Crippen LogP contribution in [0.2, 0.25) is 0 Å². The second kappa shape index (κ2) is 9.40. The molecule has 0 bridgehead atoms. The Kier molecular flexibility index (Phi) is 5.28. The Morgan fingerprint density at radius 3 is 1.50 bits per heavy atom. The SMILES string of the molecule is C1=CN2C(N1)C1NC=CN1C1C(N3c4ccccc4Sc4ccccc43)CCC(N3c4ccccc4Oc4ccccc43)C12. The predicted molar refractivity (Wildman–Crippen MR) is 174 cm³/mol. The zero-order chi connectivity index (χ0) is 28.8. The summed E-state index contributed by atoms with van der Waals surface area (Å²) in [5.41, 5.74) is 4.91. The quantitative estimate of drug-likeness (QED) is 0.259. The molecule has 8 heteroatoms. The first-order chi connectivity index (χ1) is 21.8. The standard InChI is InChI=1S/C36H32N6OS/c1-5-13-29-23(9-1)41(24-10-2-6-14-30(24)43-29)27-17-18-28(34-33(27)39-21-19-37-35(39)36-38-20-22-40(34)36)42-25-11-3-7-15-31(25)44-32-16-8-4-12-26(32)42/h1-16,19-22,27-28,33-38H,17-18H2. The van der Waals surface area contributed by atoms with Crippen molar-refractivity contribution in [2.75, 3.05) is 9.80 Å². The van der Waals surface area contributed by atoms with Gasteiger partial charge < -0.3 is 35.0 Å². The number of ether oxygens (including phenoxy) is 1. The van der Waals surface area contributed by atoms with Gasteiger partial charge in [-0.15, -0.1) is 0 Å². The molecule has 2 fully saturated rings. The number of hydrogen-bond donors (Lipinski definition) is 2. The summed E-state index contributed by atoms with van der Waals surface area (Å²) in [5.74, 6) is 1.84. The van der Waals surface area contributed by atoms with Crippen LogP contribution in [0, 0.1) is 0 Å². The van der Waals surface area contributed by atoms with Crippen molar-refractivity contribution in [1.29, 1.82) is 0 Å². The molecule has 4 aromatic rings. The number of anilines is 4. The van der Waals surface area contributed by atoms with Crippen LogP contribution in [0.5, 0.6) is 11.5 Å². The highest BCUT2D eigenvalue weighted by molar-refractivity contribution is 7.99. The van der Waals surface area contributed by atoms with Gasteiger partial charge in [0.2, 0.25) is 0 Å². The Hall–Kier alpha value is -4.69. The molecular weight excluding hydrogens is 565 g/mol. The van der Waals surface area contributed by atoms with Gasteiger partial charge >= 0.3 is 0 Å². The largest absolute Gasteiger partial charge is 0.453 e. The first-order valence-corrected chi connectivity index (χ1v) is 16.4. The highest BCUT2D eigenvalue weighted by atomic mass is 32.2. The van der Waals surface area contributed by atoms with Gasteiger partial charge in [0.1, 0.15) is 12.3 Å². The van der Waals surface area contributed by atoms with Crippen LogP contribution in [0.25, 0.3) is 0 Å². The van der Waals surface area contributed by atoms with Crippen molar-refractivity contribution in [2.24, 2.45) is 0 Å². The molecule has 6 atom stereocenters. The third-order valence-corrected chi connectivity index (χ3v) is 11.3. The summed E-state index contributed by atoms with van der Waals surface area (Å²) in [6, 6.07) is 35.8. The van der Waals surface area contributed by atoms with E-state index in [1.54, 1.807) is 0 Å². The lowest BCUT2D eigenvalue weighted by Crippen LogP contribution is -2.77. The highest BCUT2D eigenvalue weighted by Gasteiger charge is 2.58. The first-order valence-electron chi connectivity index (χ1n) is 15.6. The zero-order valence-corrected chi connectivity index (χ0v) is 24.8. The maximum absolute atomic E-state index is 6.46. The Bertz CT molecular complexity index is 1620. The monoisotopic (exact) mass is 596 g/mol. The first kappa shape index (κ1) is 24.7. The van der Waals surface area contributed by atoms with Crippen molar-refractivity contribution >= 4 is 34.5 Å². The summed E-state index contributed by atoms with van der Waals surface area (Å²) in [7, 11) is 0. The Balaban J connectivity index is 1.16. The van der Waals surface area contributed by atoms with Gasteiger partial charge in [0.05, 0.1) is 46.9 Å². The number of hydrogen-bond acceptors (Lipinski definition) is 8. The lowest BCUT2D eigenvalue weighted by atomic mass is 9.76. The summed E-state index contributed by atoms with van der Waals surface area (Å²) in [4.78, 5) is 13.1. The maximum atomic E-state index is 6.46. The molecule has 0 amide bonds. The predicted octanol–water partition coefficient (Wildman–Crippen LogP) is 6.92. The minimum atomic E-state index is 0.135. The number of benzene rings is 4. The zero-order valence-electron chi connectivity index (χ0n) is 24.0. The Labute approximate surface area is 261 Å². The topological polar surface area (TPSA) is 46.2 Å². The van der Waals surface area contributed by atoms with Crippen LogP contribution >= 0.6 is 11.8 Å². The van der Waals surface area contributed by atoms with Gasteiger partial charge in [-0.2, -0.15) is 0 Å². The third-order valence-electron chi connectivity index (χ3n) is 10.2. The van der Waals surface area contributed by atoms with Crippen LogP contribution in [-0.2, 0) is 0 Å². The van der Waals surface area contributed by atoms with Crippen molar-refractivity contribution in [1.82, 2.24) is 20.4 Å². The average Bonchev–Trinajstić information content (AvgIpc) is 3.76. The molecule has 2 N–H and O–H groups in total. The van der Waals surface area contributed by atoms with E-state index >= 15 is 0 Å². The minimum absolute atomic E-state index is 0.135. The van der Waals surface area contributed by atoms with Crippen molar-refractivity contribution < 1.29 is 4.74 Å². The van der Waals surface area contributed by atoms with E-state index in [2.05, 4.69) is 152 Å². The van der Waals surface area contributed by atoms with Gasteiger partial charge in [0, 0.05) is 34.6 Å². The van der Waals surface area contributed by atoms with E-state index in [4.69, 9.17) is 4.74 Å². The van der Waals surface area contributed by atoms with E-state index in [1.165, 1.54) is 21.2 Å². The van der Waals surface area contributed by atoms with E-state index in [-0.39, 0.29) is 36.5 Å². The molecule has 218 valence electrons. The molecule has 5 aliphatic heterocycles. The summed E-state index contributed by atoms with van der Waals surface area (Å²) in [5, 5.41) is 7.39. The van der Waals surface area contributed by atoms with Crippen molar-refractivity contribution in [3.8, 4) is 11.5 Å². The molecular formula is C36H32N6OS.